The fourth-order valence-electron chi connectivity index (χ4n) is 1.64. The Balaban J connectivity index is 2.29. The number of nitrogens with zero attached hydrogens (tertiary/aromatic N) is 3. The highest BCUT2D eigenvalue weighted by atomic mass is 16.6. The van der Waals surface area contributed by atoms with Gasteiger partial charge in [-0.2, -0.15) is 0 Å². The maximum Gasteiger partial charge on any atom is 0.189 e. The van der Waals surface area contributed by atoms with Gasteiger partial charge in [-0.15, -0.1) is 0 Å². The summed E-state index contributed by atoms with van der Waals surface area (Å²) >= 11 is 0. The van der Waals surface area contributed by atoms with Gasteiger partial charge in [0, 0.05) is 5.56 Å². The van der Waals surface area contributed by atoms with Crippen LogP contribution in [0.25, 0.3) is 5.70 Å². The Morgan fingerprint density at radius 3 is 2.47 bits per heavy atom. The minimum absolute atomic E-state index is 0.428. The van der Waals surface area contributed by atoms with Crippen LogP contribution >= 0.6 is 0 Å². The molecular weight excluding hydrogens is 222 g/mol. The largest absolute Gasteiger partial charge is 0.411 e. The van der Waals surface area contributed by atoms with Crippen molar-refractivity contribution in [2.24, 2.45) is 5.16 Å². The molecule has 1 heterocycles. The number of hydroxylamine groups is 4. The third kappa shape index (κ3) is 2.08. The smallest absolute Gasteiger partial charge is 0.189 e. The molecule has 0 spiro atoms. The van der Waals surface area contributed by atoms with Gasteiger partial charge in [0.2, 0.25) is 0 Å². The van der Waals surface area contributed by atoms with Crippen LogP contribution in [0, 0.1) is 6.92 Å². The molecule has 0 aliphatic carbocycles. The second kappa shape index (κ2) is 4.44. The minimum atomic E-state index is -0.920. The third-order valence-corrected chi connectivity index (χ3v) is 2.57. The topological polar surface area (TPSA) is 79.5 Å². The summed E-state index contributed by atoms with van der Waals surface area (Å²) in [6.07, 6.45) is 1.45. The molecule has 0 radical (unpaired) electrons. The second-order valence-corrected chi connectivity index (χ2v) is 3.78. The Hall–Kier alpha value is -2.05. The van der Waals surface area contributed by atoms with E-state index in [1.54, 1.807) is 0 Å². The SMILES string of the molecule is Cc1ccc(C2=CN(O)C(C=NO)N2O)cc1. The fraction of sp³-hybridized carbons (Fsp3) is 0.182. The van der Waals surface area contributed by atoms with Crippen LogP contribution in [0.15, 0.2) is 35.6 Å². The molecule has 0 bridgehead atoms. The van der Waals surface area contributed by atoms with Gasteiger partial charge in [-0.05, 0) is 6.92 Å². The number of hydrogen-bond donors (Lipinski definition) is 3. The van der Waals surface area contributed by atoms with Gasteiger partial charge in [-0.3, -0.25) is 10.4 Å². The molecule has 0 saturated heterocycles. The highest BCUT2D eigenvalue weighted by molar-refractivity contribution is 5.73. The molecule has 6 nitrogen and oxygen atoms in total. The van der Waals surface area contributed by atoms with E-state index in [2.05, 4.69) is 5.16 Å². The molecule has 90 valence electrons. The molecule has 1 aliphatic heterocycles. The summed E-state index contributed by atoms with van der Waals surface area (Å²) in [4.78, 5) is 0. The number of hydrogen-bond acceptors (Lipinski definition) is 6. The van der Waals surface area contributed by atoms with Gasteiger partial charge in [-0.25, -0.2) is 10.1 Å². The lowest BCUT2D eigenvalue weighted by molar-refractivity contribution is -0.151. The minimum Gasteiger partial charge on any atom is -0.411 e. The van der Waals surface area contributed by atoms with Crippen molar-refractivity contribution >= 4 is 11.9 Å². The number of oxime groups is 1. The third-order valence-electron chi connectivity index (χ3n) is 2.57. The second-order valence-electron chi connectivity index (χ2n) is 3.78. The standard InChI is InChI=1S/C11H13N3O3/c1-8-2-4-9(5-3-8)10-7-13(16)11(6-12-15)14(10)17/h2-7,11,15-17H,1H3. The van der Waals surface area contributed by atoms with Crippen molar-refractivity contribution in [3.8, 4) is 0 Å². The monoisotopic (exact) mass is 235 g/mol. The van der Waals surface area contributed by atoms with Crippen molar-refractivity contribution in [2.45, 2.75) is 13.1 Å². The van der Waals surface area contributed by atoms with Gasteiger partial charge in [-0.1, -0.05) is 35.0 Å². The summed E-state index contributed by atoms with van der Waals surface area (Å²) in [5.41, 5.74) is 2.29. The van der Waals surface area contributed by atoms with Gasteiger partial charge in [0.25, 0.3) is 0 Å². The first-order chi connectivity index (χ1) is 8.13. The quantitative estimate of drug-likeness (QED) is 0.411. The lowest BCUT2D eigenvalue weighted by atomic mass is 10.1. The average Bonchev–Trinajstić information content (AvgIpc) is 2.59. The predicted molar refractivity (Wildman–Crippen MR) is 60.5 cm³/mol. The molecule has 1 aromatic carbocycles. The molecule has 0 saturated carbocycles. The zero-order valence-electron chi connectivity index (χ0n) is 9.22. The maximum absolute atomic E-state index is 9.83. The Kier molecular flexibility index (Phi) is 2.99. The van der Waals surface area contributed by atoms with Gasteiger partial charge in [0.15, 0.2) is 6.17 Å². The Bertz CT molecular complexity index is 456. The van der Waals surface area contributed by atoms with Crippen molar-refractivity contribution in [3.63, 3.8) is 0 Å². The summed E-state index contributed by atoms with van der Waals surface area (Å²) in [5, 5.41) is 32.2. The van der Waals surface area contributed by atoms with Gasteiger partial charge < -0.3 is 5.21 Å². The summed E-state index contributed by atoms with van der Waals surface area (Å²) < 4.78 is 0. The molecule has 3 N–H and O–H groups in total. The van der Waals surface area contributed by atoms with Crippen LogP contribution < -0.4 is 0 Å². The summed E-state index contributed by atoms with van der Waals surface area (Å²) in [6.45, 7) is 1.96. The molecule has 1 unspecified atom stereocenters. The molecule has 0 fully saturated rings. The zero-order valence-corrected chi connectivity index (χ0v) is 9.22. The highest BCUT2D eigenvalue weighted by Crippen LogP contribution is 2.26. The first-order valence-corrected chi connectivity index (χ1v) is 5.05. The number of aryl methyl sites for hydroxylation is 1. The summed E-state index contributed by atoms with van der Waals surface area (Å²) in [7, 11) is 0. The first-order valence-electron chi connectivity index (χ1n) is 5.05. The Labute approximate surface area is 98.2 Å². The normalized spacial score (nSPS) is 20.2. The summed E-state index contributed by atoms with van der Waals surface area (Å²) in [6, 6.07) is 7.46. The molecule has 1 aromatic rings. The Morgan fingerprint density at radius 2 is 1.88 bits per heavy atom. The van der Waals surface area contributed by atoms with E-state index in [1.165, 1.54) is 6.20 Å². The van der Waals surface area contributed by atoms with Gasteiger partial charge in [0.1, 0.15) is 0 Å². The van der Waals surface area contributed by atoms with E-state index in [-0.39, 0.29) is 0 Å². The number of rotatable bonds is 2. The van der Waals surface area contributed by atoms with Crippen LogP contribution in [0.2, 0.25) is 0 Å². The van der Waals surface area contributed by atoms with E-state index in [0.29, 0.717) is 5.70 Å². The fourth-order valence-corrected chi connectivity index (χ4v) is 1.64. The van der Waals surface area contributed by atoms with Crippen LogP contribution in [-0.2, 0) is 0 Å². The van der Waals surface area contributed by atoms with E-state index in [1.807, 2.05) is 31.2 Å². The first kappa shape index (κ1) is 11.4. The molecular formula is C11H13N3O3. The van der Waals surface area contributed by atoms with E-state index in [0.717, 1.165) is 27.5 Å². The average molecular weight is 235 g/mol. The van der Waals surface area contributed by atoms with Gasteiger partial charge >= 0.3 is 0 Å². The van der Waals surface area contributed by atoms with Gasteiger partial charge in [0.05, 0.1) is 18.1 Å². The molecule has 1 atom stereocenters. The van der Waals surface area contributed by atoms with Crippen LogP contribution in [0.3, 0.4) is 0 Å². The maximum atomic E-state index is 9.83. The lowest BCUT2D eigenvalue weighted by Gasteiger charge is -2.21. The van der Waals surface area contributed by atoms with Crippen LogP contribution in [-0.4, -0.2) is 38.1 Å². The predicted octanol–water partition coefficient (Wildman–Crippen LogP) is 1.48. The van der Waals surface area contributed by atoms with Crippen molar-refractivity contribution < 1.29 is 15.6 Å². The molecule has 0 amide bonds. The van der Waals surface area contributed by atoms with Crippen molar-refractivity contribution in [2.75, 3.05) is 0 Å². The summed E-state index contributed by atoms with van der Waals surface area (Å²) in [5.74, 6) is 0. The Morgan fingerprint density at radius 1 is 1.24 bits per heavy atom. The van der Waals surface area contributed by atoms with E-state index >= 15 is 0 Å². The molecule has 17 heavy (non-hydrogen) atoms. The lowest BCUT2D eigenvalue weighted by Crippen LogP contribution is -2.37. The van der Waals surface area contributed by atoms with E-state index in [9.17, 15) is 10.4 Å². The zero-order chi connectivity index (χ0) is 12.4. The van der Waals surface area contributed by atoms with Crippen LogP contribution in [0.5, 0.6) is 0 Å². The van der Waals surface area contributed by atoms with Crippen molar-refractivity contribution in [1.82, 2.24) is 10.1 Å². The van der Waals surface area contributed by atoms with E-state index < -0.39 is 6.17 Å². The molecule has 0 aromatic heterocycles. The molecule has 1 aliphatic rings. The van der Waals surface area contributed by atoms with Crippen LogP contribution in [0.4, 0.5) is 0 Å². The number of benzene rings is 1. The van der Waals surface area contributed by atoms with Crippen LogP contribution in [0.1, 0.15) is 11.1 Å². The highest BCUT2D eigenvalue weighted by Gasteiger charge is 2.30. The molecule has 6 heteroatoms. The van der Waals surface area contributed by atoms with Crippen molar-refractivity contribution in [1.29, 1.82) is 0 Å². The van der Waals surface area contributed by atoms with E-state index in [4.69, 9.17) is 5.21 Å². The van der Waals surface area contributed by atoms with Crippen molar-refractivity contribution in [3.05, 3.63) is 41.6 Å². The molecule has 2 rings (SSSR count).